The van der Waals surface area contributed by atoms with Gasteiger partial charge in [-0.15, -0.1) is 0 Å². The Kier molecular flexibility index (Phi) is 4.39. The molecule has 0 saturated carbocycles. The lowest BCUT2D eigenvalue weighted by molar-refractivity contribution is -0.108. The molecule has 0 unspecified atom stereocenters. The van der Waals surface area contributed by atoms with Crippen LogP contribution in [0.3, 0.4) is 0 Å². The number of carbonyl (C=O) groups excluding carboxylic acids is 3. The molecule has 0 radical (unpaired) electrons. The van der Waals surface area contributed by atoms with Crippen LogP contribution in [-0.4, -0.2) is 25.4 Å². The summed E-state index contributed by atoms with van der Waals surface area (Å²) in [7, 11) is 0. The van der Waals surface area contributed by atoms with Gasteiger partial charge in [0.1, 0.15) is 12.0 Å². The lowest BCUT2D eigenvalue weighted by Crippen LogP contribution is -2.21. The Morgan fingerprint density at radius 1 is 1.27 bits per heavy atom. The summed E-state index contributed by atoms with van der Waals surface area (Å²) in [6.07, 6.45) is 1.27. The molecule has 0 saturated heterocycles. The van der Waals surface area contributed by atoms with Crippen LogP contribution in [0.2, 0.25) is 0 Å². The molecule has 5 heteroatoms. The molecule has 0 aromatic carbocycles. The highest BCUT2D eigenvalue weighted by molar-refractivity contribution is 5.85. The smallest absolute Gasteiger partial charge is 0.168 e. The molecule has 5 nitrogen and oxygen atoms in total. The number of aldehydes is 3. The van der Waals surface area contributed by atoms with E-state index in [9.17, 15) is 14.4 Å². The van der Waals surface area contributed by atoms with Gasteiger partial charge in [0.25, 0.3) is 0 Å². The highest BCUT2D eigenvalue weighted by Gasteiger charge is 1.98. The van der Waals surface area contributed by atoms with E-state index in [0.29, 0.717) is 18.9 Å². The summed E-state index contributed by atoms with van der Waals surface area (Å²) in [5.74, 6) is 0. The van der Waals surface area contributed by atoms with E-state index in [-0.39, 0.29) is 17.9 Å². The average Bonchev–Trinajstić information content (AvgIpc) is 2.05. The van der Waals surface area contributed by atoms with Crippen LogP contribution in [0.25, 0.3) is 0 Å². The third-order valence-corrected chi connectivity index (χ3v) is 0.932. The number of nitrogens with two attached hydrogens (primary N) is 1. The van der Waals surface area contributed by atoms with Crippen LogP contribution in [0, 0.1) is 0 Å². The van der Waals surface area contributed by atoms with Gasteiger partial charge >= 0.3 is 0 Å². The fraction of sp³-hybridized carbons (Fsp3) is 0.167. The number of rotatable bonds is 5. The maximum absolute atomic E-state index is 10.1. The minimum atomic E-state index is -0.207. The van der Waals surface area contributed by atoms with E-state index in [4.69, 9.17) is 5.73 Å². The van der Waals surface area contributed by atoms with E-state index < -0.39 is 0 Å². The van der Waals surface area contributed by atoms with Crippen molar-refractivity contribution >= 4 is 18.9 Å². The second kappa shape index (κ2) is 5.16. The monoisotopic (exact) mass is 156 g/mol. The van der Waals surface area contributed by atoms with E-state index in [1.807, 2.05) is 0 Å². The van der Waals surface area contributed by atoms with Gasteiger partial charge in [0.05, 0.1) is 12.2 Å². The fourth-order valence-corrected chi connectivity index (χ4v) is 0.427. The predicted molar refractivity (Wildman–Crippen MR) is 37.4 cm³/mol. The van der Waals surface area contributed by atoms with Gasteiger partial charge in [0, 0.05) is 0 Å². The number of hydrogen-bond acceptors (Lipinski definition) is 5. The zero-order valence-electron chi connectivity index (χ0n) is 5.74. The molecule has 0 heterocycles. The van der Waals surface area contributed by atoms with E-state index in [0.717, 1.165) is 0 Å². The van der Waals surface area contributed by atoms with Gasteiger partial charge in [-0.05, 0) is 0 Å². The molecule has 0 aliphatic carbocycles. The predicted octanol–water partition coefficient (Wildman–Crippen LogP) is -1.66. The van der Waals surface area contributed by atoms with Crippen molar-refractivity contribution in [1.82, 2.24) is 5.32 Å². The molecule has 0 rings (SSSR count). The van der Waals surface area contributed by atoms with Crippen LogP contribution in [0.4, 0.5) is 0 Å². The van der Waals surface area contributed by atoms with Crippen molar-refractivity contribution in [2.24, 2.45) is 5.73 Å². The summed E-state index contributed by atoms with van der Waals surface area (Å²) in [4.78, 5) is 29.9. The van der Waals surface area contributed by atoms with Crippen molar-refractivity contribution in [2.45, 2.75) is 0 Å². The maximum atomic E-state index is 10.1. The van der Waals surface area contributed by atoms with Crippen LogP contribution < -0.4 is 11.1 Å². The van der Waals surface area contributed by atoms with Crippen LogP contribution in [-0.2, 0) is 14.4 Å². The average molecular weight is 156 g/mol. The molecule has 60 valence electrons. The standard InChI is InChI=1S/C6H8N2O3/c7-5(3-10)6(4-11)8-1-2-9/h2-4,8H,1,7H2/b6-5-. The Hall–Kier alpha value is -1.65. The Labute approximate surface area is 63.2 Å². The molecule has 0 amide bonds. The summed E-state index contributed by atoms with van der Waals surface area (Å²) < 4.78 is 0. The quantitative estimate of drug-likeness (QED) is 0.367. The van der Waals surface area contributed by atoms with E-state index in [1.165, 1.54) is 0 Å². The molecule has 0 aromatic rings. The van der Waals surface area contributed by atoms with Crippen LogP contribution >= 0.6 is 0 Å². The van der Waals surface area contributed by atoms with E-state index >= 15 is 0 Å². The molecule has 0 fully saturated rings. The van der Waals surface area contributed by atoms with Crippen molar-refractivity contribution in [3.63, 3.8) is 0 Å². The molecular formula is C6H8N2O3. The van der Waals surface area contributed by atoms with Crippen molar-refractivity contribution in [2.75, 3.05) is 6.54 Å². The topological polar surface area (TPSA) is 89.3 Å². The SMILES string of the molecule is N/C(C=O)=C(/C=O)NCC=O. The second-order valence-corrected chi connectivity index (χ2v) is 1.65. The van der Waals surface area contributed by atoms with Crippen molar-refractivity contribution in [3.05, 3.63) is 11.4 Å². The van der Waals surface area contributed by atoms with Gasteiger partial charge in [0.2, 0.25) is 0 Å². The van der Waals surface area contributed by atoms with Crippen molar-refractivity contribution in [3.8, 4) is 0 Å². The Morgan fingerprint density at radius 2 is 1.91 bits per heavy atom. The molecule has 3 N–H and O–H groups in total. The molecule has 0 aromatic heterocycles. The zero-order chi connectivity index (χ0) is 8.69. The van der Waals surface area contributed by atoms with Gasteiger partial charge in [-0.3, -0.25) is 9.59 Å². The normalized spacial score (nSPS) is 11.3. The van der Waals surface area contributed by atoms with Crippen LogP contribution in [0.1, 0.15) is 0 Å². The minimum Gasteiger partial charge on any atom is -0.394 e. The van der Waals surface area contributed by atoms with Gasteiger partial charge in [0.15, 0.2) is 12.6 Å². The van der Waals surface area contributed by atoms with E-state index in [1.54, 1.807) is 0 Å². The number of hydrogen-bond donors (Lipinski definition) is 2. The first kappa shape index (κ1) is 9.35. The largest absolute Gasteiger partial charge is 0.394 e. The maximum Gasteiger partial charge on any atom is 0.168 e. The van der Waals surface area contributed by atoms with Gasteiger partial charge < -0.3 is 15.8 Å². The lowest BCUT2D eigenvalue weighted by atomic mass is 10.3. The second-order valence-electron chi connectivity index (χ2n) is 1.65. The van der Waals surface area contributed by atoms with Gasteiger partial charge in [-0.1, -0.05) is 0 Å². The van der Waals surface area contributed by atoms with Crippen molar-refractivity contribution < 1.29 is 14.4 Å². The van der Waals surface area contributed by atoms with Gasteiger partial charge in [-0.2, -0.15) is 0 Å². The van der Waals surface area contributed by atoms with Crippen molar-refractivity contribution in [1.29, 1.82) is 0 Å². The third kappa shape index (κ3) is 3.14. The number of nitrogens with one attached hydrogen (secondary N) is 1. The van der Waals surface area contributed by atoms with Crippen LogP contribution in [0.15, 0.2) is 11.4 Å². The Balaban J connectivity index is 4.25. The lowest BCUT2D eigenvalue weighted by Gasteiger charge is -2.00. The summed E-state index contributed by atoms with van der Waals surface area (Å²) in [5, 5.41) is 2.36. The Bertz CT molecular complexity index is 198. The summed E-state index contributed by atoms with van der Waals surface area (Å²) in [6.45, 7) is -0.0391. The summed E-state index contributed by atoms with van der Waals surface area (Å²) in [5.41, 5.74) is 4.80. The first-order valence-corrected chi connectivity index (χ1v) is 2.83. The first-order chi connectivity index (χ1) is 5.26. The highest BCUT2D eigenvalue weighted by atomic mass is 16.1. The minimum absolute atomic E-state index is 0.0391. The molecule has 11 heavy (non-hydrogen) atoms. The molecule has 0 spiro atoms. The number of carbonyl (C=O) groups is 3. The Morgan fingerprint density at radius 3 is 2.27 bits per heavy atom. The first-order valence-electron chi connectivity index (χ1n) is 2.83. The molecular weight excluding hydrogens is 148 g/mol. The third-order valence-electron chi connectivity index (χ3n) is 0.932. The zero-order valence-corrected chi connectivity index (χ0v) is 5.74. The van der Waals surface area contributed by atoms with Gasteiger partial charge in [-0.25, -0.2) is 0 Å². The summed E-state index contributed by atoms with van der Waals surface area (Å²) >= 11 is 0. The molecule has 0 atom stereocenters. The molecule has 0 aliphatic rings. The molecule has 0 aliphatic heterocycles. The highest BCUT2D eigenvalue weighted by Crippen LogP contribution is 1.85. The fourth-order valence-electron chi connectivity index (χ4n) is 0.427. The van der Waals surface area contributed by atoms with E-state index in [2.05, 4.69) is 5.32 Å². The van der Waals surface area contributed by atoms with Crippen LogP contribution in [0.5, 0.6) is 0 Å². The summed E-state index contributed by atoms with van der Waals surface area (Å²) in [6, 6.07) is 0. The number of allylic oxidation sites excluding steroid dienone is 2. The molecule has 0 bridgehead atoms.